The zero-order valence-electron chi connectivity index (χ0n) is 11.1. The molecule has 1 aromatic rings. The van der Waals surface area contributed by atoms with Gasteiger partial charge in [0, 0.05) is 32.2 Å². The Bertz CT molecular complexity index is 464. The lowest BCUT2D eigenvalue weighted by Crippen LogP contribution is -2.45. The maximum Gasteiger partial charge on any atom is 0.160 e. The molecule has 0 radical (unpaired) electrons. The van der Waals surface area contributed by atoms with E-state index in [0.29, 0.717) is 12.2 Å². The first-order valence-electron chi connectivity index (χ1n) is 6.45. The van der Waals surface area contributed by atoms with Gasteiger partial charge in [-0.05, 0) is 17.7 Å². The van der Waals surface area contributed by atoms with Crippen LogP contribution in [0.2, 0.25) is 0 Å². The summed E-state index contributed by atoms with van der Waals surface area (Å²) in [5.41, 5.74) is 0.960. The van der Waals surface area contributed by atoms with E-state index in [9.17, 15) is 5.11 Å². The molecule has 0 bridgehead atoms. The van der Waals surface area contributed by atoms with Crippen LogP contribution < -0.4 is 10.1 Å². The van der Waals surface area contributed by atoms with Gasteiger partial charge in [0.25, 0.3) is 0 Å². The van der Waals surface area contributed by atoms with Crippen molar-refractivity contribution in [3.05, 3.63) is 23.8 Å². The summed E-state index contributed by atoms with van der Waals surface area (Å²) in [6, 6.07) is 7.63. The van der Waals surface area contributed by atoms with Crippen LogP contribution >= 0.6 is 0 Å². The summed E-state index contributed by atoms with van der Waals surface area (Å²) in [4.78, 5) is 2.28. The molecule has 5 nitrogen and oxygen atoms in total. The van der Waals surface area contributed by atoms with Crippen molar-refractivity contribution in [1.29, 1.82) is 5.26 Å². The summed E-state index contributed by atoms with van der Waals surface area (Å²) in [5, 5.41) is 22.2. The molecule has 1 aromatic carbocycles. The van der Waals surface area contributed by atoms with E-state index in [1.54, 1.807) is 12.1 Å². The third-order valence-electron chi connectivity index (χ3n) is 3.46. The molecule has 2 N–H and O–H groups in total. The van der Waals surface area contributed by atoms with E-state index in [0.717, 1.165) is 31.7 Å². The lowest BCUT2D eigenvalue weighted by Gasteiger charge is -2.34. The van der Waals surface area contributed by atoms with Gasteiger partial charge in [0.2, 0.25) is 0 Å². The number of phenolic OH excluding ortho intramolecular Hbond substituents is 1. The maximum atomic E-state index is 9.87. The Morgan fingerprint density at radius 1 is 1.47 bits per heavy atom. The van der Waals surface area contributed by atoms with Gasteiger partial charge in [-0.1, -0.05) is 6.07 Å². The Morgan fingerprint density at radius 2 is 2.21 bits per heavy atom. The molecule has 1 aliphatic heterocycles. The van der Waals surface area contributed by atoms with Crippen molar-refractivity contribution in [2.24, 2.45) is 0 Å². The number of hydrogen-bond donors (Lipinski definition) is 2. The first-order chi connectivity index (χ1) is 9.26. The number of benzene rings is 1. The van der Waals surface area contributed by atoms with Gasteiger partial charge in [0.05, 0.1) is 19.6 Å². The van der Waals surface area contributed by atoms with E-state index in [4.69, 9.17) is 10.00 Å². The van der Waals surface area contributed by atoms with Crippen LogP contribution in [0.5, 0.6) is 11.5 Å². The number of nitrogens with zero attached hydrogens (tertiary/aromatic N) is 2. The van der Waals surface area contributed by atoms with E-state index in [-0.39, 0.29) is 11.8 Å². The summed E-state index contributed by atoms with van der Waals surface area (Å²) in [5.74, 6) is 0.581. The SMILES string of the molecule is COc1ccc([C@H](CC#N)N2CCNCC2)cc1O. The largest absolute Gasteiger partial charge is 0.504 e. The Kier molecular flexibility index (Phi) is 4.61. The fourth-order valence-electron chi connectivity index (χ4n) is 2.45. The maximum absolute atomic E-state index is 9.87. The summed E-state index contributed by atoms with van der Waals surface area (Å²) in [7, 11) is 1.53. The van der Waals surface area contributed by atoms with Crippen LogP contribution in [0.4, 0.5) is 0 Å². The monoisotopic (exact) mass is 261 g/mol. The van der Waals surface area contributed by atoms with Crippen molar-refractivity contribution in [3.8, 4) is 17.6 Å². The number of nitrogens with one attached hydrogen (secondary N) is 1. The number of aromatic hydroxyl groups is 1. The van der Waals surface area contributed by atoms with E-state index in [2.05, 4.69) is 16.3 Å². The quantitative estimate of drug-likeness (QED) is 0.854. The highest BCUT2D eigenvalue weighted by atomic mass is 16.5. The Hall–Kier alpha value is -1.77. The molecular weight excluding hydrogens is 242 g/mol. The Morgan fingerprint density at radius 3 is 2.79 bits per heavy atom. The van der Waals surface area contributed by atoms with Gasteiger partial charge in [-0.2, -0.15) is 5.26 Å². The molecular formula is C14H19N3O2. The van der Waals surface area contributed by atoms with Crippen LogP contribution in [0.1, 0.15) is 18.0 Å². The van der Waals surface area contributed by atoms with Crippen LogP contribution in [0.3, 0.4) is 0 Å². The minimum atomic E-state index is 0.0314. The number of piperazine rings is 1. The first-order valence-corrected chi connectivity index (χ1v) is 6.45. The number of methoxy groups -OCH3 is 1. The van der Waals surface area contributed by atoms with Crippen LogP contribution in [-0.4, -0.2) is 43.3 Å². The van der Waals surface area contributed by atoms with Gasteiger partial charge in [-0.15, -0.1) is 0 Å². The summed E-state index contributed by atoms with van der Waals surface area (Å²) in [6.07, 6.45) is 0.422. The zero-order valence-corrected chi connectivity index (χ0v) is 11.1. The predicted molar refractivity (Wildman–Crippen MR) is 72.1 cm³/mol. The third kappa shape index (κ3) is 3.16. The number of ether oxygens (including phenoxy) is 1. The topological polar surface area (TPSA) is 68.5 Å². The van der Waals surface area contributed by atoms with Crippen molar-refractivity contribution in [3.63, 3.8) is 0 Å². The molecule has 1 aliphatic rings. The molecule has 0 aromatic heterocycles. The fourth-order valence-corrected chi connectivity index (χ4v) is 2.45. The molecule has 102 valence electrons. The average molecular weight is 261 g/mol. The van der Waals surface area contributed by atoms with Crippen LogP contribution in [0, 0.1) is 11.3 Å². The smallest absolute Gasteiger partial charge is 0.160 e. The van der Waals surface area contributed by atoms with E-state index in [1.165, 1.54) is 7.11 Å². The standard InChI is InChI=1S/C14H19N3O2/c1-19-14-3-2-11(10-13(14)18)12(4-5-15)17-8-6-16-7-9-17/h2-3,10,12,16,18H,4,6-9H2,1H3/t12-/m0/s1. The molecule has 0 spiro atoms. The number of nitriles is 1. The molecule has 0 unspecified atom stereocenters. The second kappa shape index (κ2) is 6.41. The highest BCUT2D eigenvalue weighted by Gasteiger charge is 2.22. The fraction of sp³-hybridized carbons (Fsp3) is 0.500. The van der Waals surface area contributed by atoms with E-state index in [1.807, 2.05) is 6.07 Å². The molecule has 5 heteroatoms. The molecule has 1 atom stereocenters. The van der Waals surface area contributed by atoms with Crippen molar-refractivity contribution in [2.75, 3.05) is 33.3 Å². The zero-order chi connectivity index (χ0) is 13.7. The molecule has 0 aliphatic carbocycles. The molecule has 0 saturated carbocycles. The number of phenols is 1. The molecule has 1 heterocycles. The van der Waals surface area contributed by atoms with Crippen LogP contribution in [0.25, 0.3) is 0 Å². The van der Waals surface area contributed by atoms with Gasteiger partial charge >= 0.3 is 0 Å². The van der Waals surface area contributed by atoms with Crippen molar-refractivity contribution >= 4 is 0 Å². The number of rotatable bonds is 4. The third-order valence-corrected chi connectivity index (χ3v) is 3.46. The second-order valence-electron chi connectivity index (χ2n) is 4.60. The van der Waals surface area contributed by atoms with Gasteiger partial charge < -0.3 is 15.2 Å². The van der Waals surface area contributed by atoms with Gasteiger partial charge in [-0.25, -0.2) is 0 Å². The van der Waals surface area contributed by atoms with Crippen molar-refractivity contribution in [1.82, 2.24) is 10.2 Å². The highest BCUT2D eigenvalue weighted by molar-refractivity contribution is 5.42. The predicted octanol–water partition coefficient (Wildman–Crippen LogP) is 1.26. The summed E-state index contributed by atoms with van der Waals surface area (Å²) < 4.78 is 5.05. The summed E-state index contributed by atoms with van der Waals surface area (Å²) in [6.45, 7) is 3.70. The lowest BCUT2D eigenvalue weighted by molar-refractivity contribution is 0.175. The molecule has 19 heavy (non-hydrogen) atoms. The lowest BCUT2D eigenvalue weighted by atomic mass is 10.0. The van der Waals surface area contributed by atoms with Crippen LogP contribution in [-0.2, 0) is 0 Å². The molecule has 1 fully saturated rings. The Balaban J connectivity index is 2.23. The Labute approximate surface area is 113 Å². The van der Waals surface area contributed by atoms with E-state index < -0.39 is 0 Å². The second-order valence-corrected chi connectivity index (χ2v) is 4.60. The van der Waals surface area contributed by atoms with Crippen molar-refractivity contribution in [2.45, 2.75) is 12.5 Å². The number of hydrogen-bond acceptors (Lipinski definition) is 5. The first kappa shape index (κ1) is 13.7. The minimum absolute atomic E-state index is 0.0314. The normalized spacial score (nSPS) is 17.7. The molecule has 0 amide bonds. The van der Waals surface area contributed by atoms with Crippen LogP contribution in [0.15, 0.2) is 18.2 Å². The van der Waals surface area contributed by atoms with Gasteiger partial charge in [-0.3, -0.25) is 4.90 Å². The average Bonchev–Trinajstić information content (AvgIpc) is 2.45. The van der Waals surface area contributed by atoms with Crippen molar-refractivity contribution < 1.29 is 9.84 Å². The van der Waals surface area contributed by atoms with Gasteiger partial charge in [0.15, 0.2) is 11.5 Å². The van der Waals surface area contributed by atoms with Gasteiger partial charge in [0.1, 0.15) is 0 Å². The summed E-state index contributed by atoms with van der Waals surface area (Å²) >= 11 is 0. The highest BCUT2D eigenvalue weighted by Crippen LogP contribution is 2.32. The minimum Gasteiger partial charge on any atom is -0.504 e. The molecule has 1 saturated heterocycles. The van der Waals surface area contributed by atoms with E-state index >= 15 is 0 Å². The molecule has 2 rings (SSSR count).